The van der Waals surface area contributed by atoms with Crippen LogP contribution in [0.4, 0.5) is 0 Å². The normalized spacial score (nSPS) is 18.0. The van der Waals surface area contributed by atoms with Gasteiger partial charge in [0.2, 0.25) is 5.91 Å². The summed E-state index contributed by atoms with van der Waals surface area (Å²) in [6, 6.07) is 4.96. The van der Waals surface area contributed by atoms with Crippen molar-refractivity contribution in [2.45, 2.75) is 6.42 Å². The molecule has 1 aromatic rings. The summed E-state index contributed by atoms with van der Waals surface area (Å²) in [4.78, 5) is 22.3. The van der Waals surface area contributed by atoms with E-state index in [4.69, 9.17) is 23.2 Å². The van der Waals surface area contributed by atoms with Gasteiger partial charge in [-0.05, 0) is 23.8 Å². The molecule has 16 heavy (non-hydrogen) atoms. The molecule has 1 N–H and O–H groups in total. The molecule has 1 fully saturated rings. The number of imide groups is 1. The number of benzene rings is 1. The highest BCUT2D eigenvalue weighted by atomic mass is 35.5. The fraction of sp³-hybridized carbons (Fsp3) is 0.0909. The van der Waals surface area contributed by atoms with Gasteiger partial charge in [-0.3, -0.25) is 14.9 Å². The number of nitrogens with one attached hydrogen (secondary N) is 1. The first-order chi connectivity index (χ1) is 7.56. The van der Waals surface area contributed by atoms with Crippen molar-refractivity contribution in [2.75, 3.05) is 0 Å². The lowest BCUT2D eigenvalue weighted by atomic mass is 10.1. The highest BCUT2D eigenvalue weighted by Gasteiger charge is 2.23. The summed E-state index contributed by atoms with van der Waals surface area (Å²) in [6.45, 7) is 0. The van der Waals surface area contributed by atoms with Crippen molar-refractivity contribution >= 4 is 41.1 Å². The van der Waals surface area contributed by atoms with E-state index in [1.807, 2.05) is 0 Å². The highest BCUT2D eigenvalue weighted by Crippen LogP contribution is 2.24. The van der Waals surface area contributed by atoms with E-state index in [2.05, 4.69) is 5.32 Å². The van der Waals surface area contributed by atoms with E-state index in [0.717, 1.165) is 0 Å². The van der Waals surface area contributed by atoms with E-state index in [1.54, 1.807) is 24.3 Å². The topological polar surface area (TPSA) is 46.2 Å². The first-order valence-corrected chi connectivity index (χ1v) is 5.31. The van der Waals surface area contributed by atoms with Crippen LogP contribution in [0.25, 0.3) is 6.08 Å². The largest absolute Gasteiger partial charge is 0.292 e. The van der Waals surface area contributed by atoms with E-state index in [0.29, 0.717) is 21.2 Å². The van der Waals surface area contributed by atoms with Crippen LogP contribution in [-0.4, -0.2) is 11.8 Å². The van der Waals surface area contributed by atoms with Crippen molar-refractivity contribution in [2.24, 2.45) is 0 Å². The smallest absolute Gasteiger partial charge is 0.254 e. The fourth-order valence-electron chi connectivity index (χ4n) is 1.43. The molecule has 82 valence electrons. The Morgan fingerprint density at radius 3 is 2.56 bits per heavy atom. The second-order valence-corrected chi connectivity index (χ2v) is 4.23. The molecule has 3 nitrogen and oxygen atoms in total. The monoisotopic (exact) mass is 255 g/mol. The SMILES string of the molecule is O=C1C/C(=C\c2ccc(Cl)cc2Cl)C(=O)N1. The summed E-state index contributed by atoms with van der Waals surface area (Å²) in [6.07, 6.45) is 1.69. The van der Waals surface area contributed by atoms with Crippen LogP contribution in [-0.2, 0) is 9.59 Å². The van der Waals surface area contributed by atoms with Gasteiger partial charge in [0.1, 0.15) is 0 Å². The van der Waals surface area contributed by atoms with Gasteiger partial charge in [0.05, 0.1) is 6.42 Å². The van der Waals surface area contributed by atoms with E-state index >= 15 is 0 Å². The Morgan fingerprint density at radius 2 is 2.00 bits per heavy atom. The molecular weight excluding hydrogens is 249 g/mol. The second kappa shape index (κ2) is 4.28. The van der Waals surface area contributed by atoms with Crippen LogP contribution in [0.5, 0.6) is 0 Å². The average molecular weight is 256 g/mol. The summed E-state index contributed by atoms with van der Waals surface area (Å²) in [7, 11) is 0. The van der Waals surface area contributed by atoms with Crippen LogP contribution >= 0.6 is 23.2 Å². The molecule has 0 aliphatic carbocycles. The second-order valence-electron chi connectivity index (χ2n) is 3.39. The molecule has 0 spiro atoms. The van der Waals surface area contributed by atoms with Crippen LogP contribution in [0.1, 0.15) is 12.0 Å². The minimum atomic E-state index is -0.365. The number of hydrogen-bond donors (Lipinski definition) is 1. The minimum Gasteiger partial charge on any atom is -0.292 e. The van der Waals surface area contributed by atoms with E-state index in [9.17, 15) is 9.59 Å². The predicted octanol–water partition coefficient (Wildman–Crippen LogP) is 2.42. The third kappa shape index (κ3) is 2.26. The quantitative estimate of drug-likeness (QED) is 0.619. The van der Waals surface area contributed by atoms with Gasteiger partial charge >= 0.3 is 0 Å². The van der Waals surface area contributed by atoms with Crippen molar-refractivity contribution in [3.63, 3.8) is 0 Å². The van der Waals surface area contributed by atoms with Crippen LogP contribution < -0.4 is 5.32 Å². The molecule has 1 aliphatic rings. The summed E-state index contributed by atoms with van der Waals surface area (Å²) in [5.41, 5.74) is 1.08. The van der Waals surface area contributed by atoms with Crippen LogP contribution in [0.2, 0.25) is 10.0 Å². The third-order valence-corrected chi connectivity index (χ3v) is 2.75. The van der Waals surface area contributed by atoms with Crippen molar-refractivity contribution in [3.8, 4) is 0 Å². The summed E-state index contributed by atoms with van der Waals surface area (Å²) in [5.74, 6) is -0.655. The maximum Gasteiger partial charge on any atom is 0.254 e. The molecule has 1 aromatic carbocycles. The van der Waals surface area contributed by atoms with Gasteiger partial charge in [-0.15, -0.1) is 0 Å². The van der Waals surface area contributed by atoms with Crippen LogP contribution in [0, 0.1) is 0 Å². The molecule has 5 heteroatoms. The zero-order valence-corrected chi connectivity index (χ0v) is 9.60. The summed E-state index contributed by atoms with van der Waals surface area (Å²) >= 11 is 11.7. The molecule has 2 rings (SSSR count). The van der Waals surface area contributed by atoms with Gasteiger partial charge in [-0.1, -0.05) is 29.3 Å². The molecule has 0 bridgehead atoms. The van der Waals surface area contributed by atoms with Crippen molar-refractivity contribution in [3.05, 3.63) is 39.4 Å². The van der Waals surface area contributed by atoms with Crippen LogP contribution in [0.15, 0.2) is 23.8 Å². The highest BCUT2D eigenvalue weighted by molar-refractivity contribution is 6.35. The molecule has 1 heterocycles. The standard InChI is InChI=1S/C11H7Cl2NO2/c12-8-2-1-6(9(13)5-8)3-7-4-10(15)14-11(7)16/h1-3,5H,4H2,(H,14,15,16)/b7-3+. The summed E-state index contributed by atoms with van der Waals surface area (Å²) in [5, 5.41) is 3.18. The number of carbonyl (C=O) groups is 2. The molecule has 0 radical (unpaired) electrons. The Morgan fingerprint density at radius 1 is 1.25 bits per heavy atom. The van der Waals surface area contributed by atoms with Gasteiger partial charge in [-0.25, -0.2) is 0 Å². The first kappa shape index (κ1) is 11.2. The van der Waals surface area contributed by atoms with E-state index in [1.165, 1.54) is 0 Å². The lowest BCUT2D eigenvalue weighted by Crippen LogP contribution is -2.19. The molecule has 0 unspecified atom stereocenters. The van der Waals surface area contributed by atoms with Crippen molar-refractivity contribution in [1.29, 1.82) is 0 Å². The number of carbonyl (C=O) groups excluding carboxylic acids is 2. The lowest BCUT2D eigenvalue weighted by Gasteiger charge is -1.99. The van der Waals surface area contributed by atoms with Gasteiger partial charge in [0, 0.05) is 15.6 Å². The number of hydrogen-bond acceptors (Lipinski definition) is 2. The van der Waals surface area contributed by atoms with Crippen molar-refractivity contribution in [1.82, 2.24) is 5.32 Å². The molecule has 0 aromatic heterocycles. The molecule has 0 saturated carbocycles. The molecule has 0 atom stereocenters. The van der Waals surface area contributed by atoms with Gasteiger partial charge in [0.25, 0.3) is 5.91 Å². The summed E-state index contributed by atoms with van der Waals surface area (Å²) < 4.78 is 0. The fourth-order valence-corrected chi connectivity index (χ4v) is 1.89. The Labute approximate surface area is 102 Å². The number of amides is 2. The molecular formula is C11H7Cl2NO2. The van der Waals surface area contributed by atoms with E-state index < -0.39 is 0 Å². The van der Waals surface area contributed by atoms with E-state index in [-0.39, 0.29) is 18.2 Å². The molecule has 2 amide bonds. The lowest BCUT2D eigenvalue weighted by molar-refractivity contribution is -0.124. The predicted molar refractivity (Wildman–Crippen MR) is 62.2 cm³/mol. The zero-order chi connectivity index (χ0) is 11.7. The Balaban J connectivity index is 2.36. The zero-order valence-electron chi connectivity index (χ0n) is 8.09. The maximum absolute atomic E-state index is 11.3. The Hall–Kier alpha value is -1.32. The first-order valence-electron chi connectivity index (χ1n) is 4.56. The number of rotatable bonds is 1. The van der Waals surface area contributed by atoms with Crippen LogP contribution in [0.3, 0.4) is 0 Å². The number of halogens is 2. The third-order valence-electron chi connectivity index (χ3n) is 2.19. The van der Waals surface area contributed by atoms with Gasteiger partial charge < -0.3 is 0 Å². The van der Waals surface area contributed by atoms with Gasteiger partial charge in [-0.2, -0.15) is 0 Å². The average Bonchev–Trinajstić information content (AvgIpc) is 2.50. The maximum atomic E-state index is 11.3. The Bertz CT molecular complexity index is 509. The Kier molecular flexibility index (Phi) is 2.99. The minimum absolute atomic E-state index is 0.0950. The van der Waals surface area contributed by atoms with Gasteiger partial charge in [0.15, 0.2) is 0 Å². The molecule has 1 aliphatic heterocycles. The molecule has 1 saturated heterocycles. The van der Waals surface area contributed by atoms with Crippen molar-refractivity contribution < 1.29 is 9.59 Å².